The number of hydrogen-bond acceptors (Lipinski definition) is 4. The lowest BCUT2D eigenvalue weighted by Crippen LogP contribution is -2.92. The van der Waals surface area contributed by atoms with E-state index in [1.165, 1.54) is 0 Å². The van der Waals surface area contributed by atoms with Crippen LogP contribution in [0.4, 0.5) is 0 Å². The smallest absolute Gasteiger partial charge is 0.226 e. The van der Waals surface area contributed by atoms with Gasteiger partial charge in [0, 0.05) is 24.5 Å². The Morgan fingerprint density at radius 1 is 1.13 bits per heavy atom. The average molecular weight is 313 g/mol. The van der Waals surface area contributed by atoms with Crippen LogP contribution in [0.25, 0.3) is 0 Å². The molecule has 0 aliphatic carbocycles. The number of quaternary nitrogens is 1. The average Bonchev–Trinajstić information content (AvgIpc) is 2.58. The van der Waals surface area contributed by atoms with E-state index in [0.717, 1.165) is 11.1 Å². The number of nitrogens with two attached hydrogens (primary N) is 1. The summed E-state index contributed by atoms with van der Waals surface area (Å²) in [7, 11) is 0. The van der Waals surface area contributed by atoms with Gasteiger partial charge in [-0.15, -0.1) is 0 Å². The molecule has 0 radical (unpaired) electrons. The second-order valence-corrected chi connectivity index (χ2v) is 5.19. The number of benzene rings is 1. The highest BCUT2D eigenvalue weighted by molar-refractivity contribution is 5.82. The van der Waals surface area contributed by atoms with E-state index in [-0.39, 0.29) is 12.3 Å². The number of rotatable bonds is 8. The number of carboxylic acid groups (broad SMARTS) is 1. The van der Waals surface area contributed by atoms with Crippen LogP contribution in [0.5, 0.6) is 0 Å². The molecule has 0 fully saturated rings. The molecule has 2 rings (SSSR count). The summed E-state index contributed by atoms with van der Waals surface area (Å²) in [5.41, 5.74) is 1.86. The number of nitrogens with zero attached hydrogens (tertiary/aromatic N) is 1. The molecule has 3 N–H and O–H groups in total. The lowest BCUT2D eigenvalue weighted by Gasteiger charge is -2.16. The number of carbonyl (C=O) groups is 2. The minimum absolute atomic E-state index is 0.130. The normalized spacial score (nSPS) is 11.7. The van der Waals surface area contributed by atoms with Crippen molar-refractivity contribution < 1.29 is 20.0 Å². The van der Waals surface area contributed by atoms with Crippen LogP contribution in [-0.2, 0) is 22.7 Å². The molecule has 0 spiro atoms. The Labute approximate surface area is 134 Å². The predicted octanol–water partition coefficient (Wildman–Crippen LogP) is -1.03. The number of pyridine rings is 1. The van der Waals surface area contributed by atoms with Crippen molar-refractivity contribution in [2.45, 2.75) is 25.6 Å². The lowest BCUT2D eigenvalue weighted by molar-refractivity contribution is -0.697. The van der Waals surface area contributed by atoms with Crippen LogP contribution in [0.2, 0.25) is 0 Å². The summed E-state index contributed by atoms with van der Waals surface area (Å²) in [5.74, 6) is -1.56. The molecule has 1 aromatic heterocycles. The standard InChI is InChI=1S/C17H19N3O3/c21-16(20-11-13-5-2-1-3-6-13)9-15(17(22)23)19-12-14-7-4-8-18-10-14/h1-8,10,15,19H,9,11-12H2,(H,20,21)(H,22,23)/t15-/m0/s1. The van der Waals surface area contributed by atoms with Gasteiger partial charge in [0.1, 0.15) is 12.6 Å². The molecular formula is C17H19N3O3. The first-order valence-corrected chi connectivity index (χ1v) is 7.39. The molecule has 0 saturated carbocycles. The number of aliphatic carboxylic acids is 1. The van der Waals surface area contributed by atoms with Crippen LogP contribution in [0, 0.1) is 0 Å². The highest BCUT2D eigenvalue weighted by atomic mass is 16.4. The second kappa shape index (κ2) is 8.65. The highest BCUT2D eigenvalue weighted by Gasteiger charge is 2.18. The largest absolute Gasteiger partial charge is 0.544 e. The minimum Gasteiger partial charge on any atom is -0.544 e. The Morgan fingerprint density at radius 3 is 2.52 bits per heavy atom. The van der Waals surface area contributed by atoms with Gasteiger partial charge in [0.05, 0.1) is 12.4 Å². The van der Waals surface area contributed by atoms with Crippen LogP contribution in [0.3, 0.4) is 0 Å². The van der Waals surface area contributed by atoms with Gasteiger partial charge in [0.15, 0.2) is 0 Å². The molecule has 1 aromatic carbocycles. The van der Waals surface area contributed by atoms with Gasteiger partial charge >= 0.3 is 0 Å². The summed E-state index contributed by atoms with van der Waals surface area (Å²) in [6.45, 7) is 0.806. The maximum Gasteiger partial charge on any atom is 0.226 e. The Bertz CT molecular complexity index is 632. The number of nitrogens with one attached hydrogen (secondary N) is 1. The molecule has 6 nitrogen and oxygen atoms in total. The third kappa shape index (κ3) is 5.88. The fourth-order valence-corrected chi connectivity index (χ4v) is 2.13. The first-order valence-electron chi connectivity index (χ1n) is 7.39. The maximum atomic E-state index is 11.9. The Kier molecular flexibility index (Phi) is 6.26. The Balaban J connectivity index is 1.81. The third-order valence-corrected chi connectivity index (χ3v) is 3.40. The molecule has 23 heavy (non-hydrogen) atoms. The van der Waals surface area contributed by atoms with E-state index >= 15 is 0 Å². The van der Waals surface area contributed by atoms with Crippen molar-refractivity contribution >= 4 is 11.9 Å². The fourth-order valence-electron chi connectivity index (χ4n) is 2.13. The number of aromatic nitrogens is 1. The zero-order chi connectivity index (χ0) is 16.5. The molecule has 6 heteroatoms. The quantitative estimate of drug-likeness (QED) is 0.651. The van der Waals surface area contributed by atoms with Crippen molar-refractivity contribution in [3.63, 3.8) is 0 Å². The molecule has 0 bridgehead atoms. The molecule has 1 amide bonds. The van der Waals surface area contributed by atoms with E-state index in [9.17, 15) is 14.7 Å². The Morgan fingerprint density at radius 2 is 1.87 bits per heavy atom. The third-order valence-electron chi connectivity index (χ3n) is 3.40. The molecule has 1 heterocycles. The van der Waals surface area contributed by atoms with E-state index in [0.29, 0.717) is 13.1 Å². The Hall–Kier alpha value is -2.73. The van der Waals surface area contributed by atoms with Crippen molar-refractivity contribution in [2.75, 3.05) is 0 Å². The molecule has 1 atom stereocenters. The maximum absolute atomic E-state index is 11.9. The molecule has 2 aromatic rings. The topological polar surface area (TPSA) is 98.7 Å². The van der Waals surface area contributed by atoms with Crippen molar-refractivity contribution in [1.82, 2.24) is 10.3 Å². The predicted molar refractivity (Wildman–Crippen MR) is 81.6 cm³/mol. The van der Waals surface area contributed by atoms with Crippen molar-refractivity contribution in [3.05, 3.63) is 66.0 Å². The summed E-state index contributed by atoms with van der Waals surface area (Å²) in [6, 6.07) is 12.2. The zero-order valence-electron chi connectivity index (χ0n) is 12.6. The van der Waals surface area contributed by atoms with E-state index < -0.39 is 12.0 Å². The van der Waals surface area contributed by atoms with Gasteiger partial charge in [-0.1, -0.05) is 36.4 Å². The van der Waals surface area contributed by atoms with Gasteiger partial charge in [-0.25, -0.2) is 0 Å². The van der Waals surface area contributed by atoms with Crippen molar-refractivity contribution in [1.29, 1.82) is 0 Å². The van der Waals surface area contributed by atoms with E-state index in [1.54, 1.807) is 23.8 Å². The lowest BCUT2D eigenvalue weighted by atomic mass is 10.1. The number of carboxylic acids is 1. The molecule has 0 unspecified atom stereocenters. The highest BCUT2D eigenvalue weighted by Crippen LogP contribution is 1.98. The molecular weight excluding hydrogens is 294 g/mol. The van der Waals surface area contributed by atoms with Gasteiger partial charge in [-0.2, -0.15) is 0 Å². The summed E-state index contributed by atoms with van der Waals surface area (Å²) < 4.78 is 0. The monoisotopic (exact) mass is 313 g/mol. The number of amides is 1. The van der Waals surface area contributed by atoms with Crippen LogP contribution in [0.15, 0.2) is 54.9 Å². The van der Waals surface area contributed by atoms with E-state index in [1.807, 2.05) is 36.4 Å². The fraction of sp³-hybridized carbons (Fsp3) is 0.235. The van der Waals surface area contributed by atoms with Gasteiger partial charge in [0.2, 0.25) is 5.91 Å². The van der Waals surface area contributed by atoms with Gasteiger partial charge in [-0.3, -0.25) is 9.78 Å². The van der Waals surface area contributed by atoms with Gasteiger partial charge < -0.3 is 20.5 Å². The van der Waals surface area contributed by atoms with E-state index in [4.69, 9.17) is 0 Å². The van der Waals surface area contributed by atoms with Crippen LogP contribution in [0.1, 0.15) is 17.5 Å². The van der Waals surface area contributed by atoms with Crippen LogP contribution >= 0.6 is 0 Å². The second-order valence-electron chi connectivity index (χ2n) is 5.19. The summed E-state index contributed by atoms with van der Waals surface area (Å²) in [6.07, 6.45) is 3.19. The first kappa shape index (κ1) is 16.6. The summed E-state index contributed by atoms with van der Waals surface area (Å²) >= 11 is 0. The molecule has 0 aliphatic heterocycles. The zero-order valence-corrected chi connectivity index (χ0v) is 12.6. The summed E-state index contributed by atoms with van der Waals surface area (Å²) in [4.78, 5) is 27.1. The van der Waals surface area contributed by atoms with Gasteiger partial charge in [0.25, 0.3) is 0 Å². The first-order chi connectivity index (χ1) is 11.1. The van der Waals surface area contributed by atoms with Crippen molar-refractivity contribution in [2.24, 2.45) is 0 Å². The number of hydrogen-bond donors (Lipinski definition) is 2. The van der Waals surface area contributed by atoms with Crippen LogP contribution in [-0.4, -0.2) is 22.9 Å². The van der Waals surface area contributed by atoms with Crippen molar-refractivity contribution in [3.8, 4) is 0 Å². The SMILES string of the molecule is O=C(C[C@H]([NH2+]Cc1cccnc1)C(=O)[O-])NCc1ccccc1. The molecule has 120 valence electrons. The van der Waals surface area contributed by atoms with Gasteiger partial charge in [-0.05, 0) is 11.6 Å². The van der Waals surface area contributed by atoms with E-state index in [2.05, 4.69) is 10.3 Å². The minimum atomic E-state index is -1.25. The van der Waals surface area contributed by atoms with Crippen LogP contribution < -0.4 is 15.7 Å². The molecule has 0 aliphatic rings. The molecule has 0 saturated heterocycles. The number of carbonyl (C=O) groups excluding carboxylic acids is 2. The summed E-state index contributed by atoms with van der Waals surface area (Å²) in [5, 5.41) is 15.5.